The van der Waals surface area contributed by atoms with Crippen molar-refractivity contribution in [3.05, 3.63) is 29.8 Å². The lowest BCUT2D eigenvalue weighted by atomic mass is 10.1. The highest BCUT2D eigenvalue weighted by Gasteiger charge is 2.33. The zero-order valence-electron chi connectivity index (χ0n) is 14.5. The van der Waals surface area contributed by atoms with Crippen molar-refractivity contribution in [3.8, 4) is 5.75 Å². The number of aryl methyl sites for hydroxylation is 1. The number of hydrogen-bond acceptors (Lipinski definition) is 6. The van der Waals surface area contributed by atoms with E-state index in [0.29, 0.717) is 25.2 Å². The molecule has 24 heavy (non-hydrogen) atoms. The van der Waals surface area contributed by atoms with E-state index in [1.54, 1.807) is 6.92 Å². The molecule has 1 fully saturated rings. The largest absolute Gasteiger partial charge is 0.491 e. The minimum Gasteiger partial charge on any atom is -0.491 e. The van der Waals surface area contributed by atoms with Crippen LogP contribution < -0.4 is 4.74 Å². The fourth-order valence-electron chi connectivity index (χ4n) is 2.32. The third-order valence-corrected chi connectivity index (χ3v) is 3.53. The number of aliphatic hydroxyl groups is 1. The molecule has 0 aliphatic carbocycles. The van der Waals surface area contributed by atoms with Crippen LogP contribution in [0.2, 0.25) is 0 Å². The molecule has 0 bridgehead atoms. The molecule has 1 aliphatic rings. The summed E-state index contributed by atoms with van der Waals surface area (Å²) in [6.45, 7) is 6.26. The Balaban J connectivity index is 1.66. The molecule has 1 aliphatic heterocycles. The van der Waals surface area contributed by atoms with Crippen molar-refractivity contribution in [1.82, 2.24) is 0 Å². The molecule has 6 heteroatoms. The molecular weight excluding hydrogens is 312 g/mol. The van der Waals surface area contributed by atoms with Crippen molar-refractivity contribution >= 4 is 5.97 Å². The zero-order valence-corrected chi connectivity index (χ0v) is 14.5. The maximum Gasteiger partial charge on any atom is 0.306 e. The molecule has 2 rings (SSSR count). The lowest BCUT2D eigenvalue weighted by Crippen LogP contribution is -2.25. The molecule has 0 saturated carbocycles. The van der Waals surface area contributed by atoms with Crippen LogP contribution >= 0.6 is 0 Å². The third kappa shape index (κ3) is 6.47. The molecule has 1 heterocycles. The second-order valence-corrected chi connectivity index (χ2v) is 6.44. The van der Waals surface area contributed by atoms with Gasteiger partial charge in [0.05, 0.1) is 12.7 Å². The van der Waals surface area contributed by atoms with E-state index in [0.717, 1.165) is 5.56 Å². The molecule has 0 spiro atoms. The smallest absolute Gasteiger partial charge is 0.306 e. The van der Waals surface area contributed by atoms with E-state index in [-0.39, 0.29) is 25.3 Å². The third-order valence-electron chi connectivity index (χ3n) is 3.53. The van der Waals surface area contributed by atoms with E-state index in [2.05, 4.69) is 0 Å². The van der Waals surface area contributed by atoms with E-state index < -0.39 is 11.9 Å². The number of benzene rings is 1. The number of hydrogen-bond donors (Lipinski definition) is 1. The number of carbonyl (C=O) groups is 1. The molecule has 1 aromatic carbocycles. The lowest BCUT2D eigenvalue weighted by molar-refractivity contribution is -0.158. The van der Waals surface area contributed by atoms with Gasteiger partial charge in [-0.25, -0.2) is 0 Å². The van der Waals surface area contributed by atoms with E-state index >= 15 is 0 Å². The summed E-state index contributed by atoms with van der Waals surface area (Å²) in [6, 6.07) is 7.46. The van der Waals surface area contributed by atoms with Crippen molar-refractivity contribution in [1.29, 1.82) is 0 Å². The predicted molar refractivity (Wildman–Crippen MR) is 87.8 cm³/mol. The second kappa shape index (κ2) is 8.46. The molecular formula is C18H26O6. The summed E-state index contributed by atoms with van der Waals surface area (Å²) in [7, 11) is 0. The Morgan fingerprint density at radius 2 is 2.08 bits per heavy atom. The molecule has 1 N–H and O–H groups in total. The Bertz CT molecular complexity index is 523. The molecule has 0 radical (unpaired) electrons. The molecule has 0 aromatic heterocycles. The molecule has 0 unspecified atom stereocenters. The summed E-state index contributed by atoms with van der Waals surface area (Å²) in [5.41, 5.74) is 1.03. The summed E-state index contributed by atoms with van der Waals surface area (Å²) < 4.78 is 21.6. The summed E-state index contributed by atoms with van der Waals surface area (Å²) in [5.74, 6) is -0.157. The number of aliphatic hydroxyl groups excluding tert-OH is 1. The number of rotatable bonds is 8. The van der Waals surface area contributed by atoms with Gasteiger partial charge in [0.2, 0.25) is 0 Å². The van der Waals surface area contributed by atoms with Crippen LogP contribution in [-0.4, -0.2) is 48.9 Å². The summed E-state index contributed by atoms with van der Waals surface area (Å²) in [5, 5.41) is 9.18. The van der Waals surface area contributed by atoms with Crippen LogP contribution in [0.25, 0.3) is 0 Å². The molecule has 134 valence electrons. The van der Waals surface area contributed by atoms with E-state index in [9.17, 15) is 9.90 Å². The standard InChI is InChI=1S/C18H26O6/c1-13(19)10-21-15-7-4-14(5-8-15)6-9-17(20)22-11-16-12-23-18(2,3)24-16/h4-5,7-8,13,16,19H,6,9-12H2,1-3H3/t13-,16+/m0/s1. The van der Waals surface area contributed by atoms with Crippen LogP contribution in [0, 0.1) is 0 Å². The second-order valence-electron chi connectivity index (χ2n) is 6.44. The average molecular weight is 338 g/mol. The van der Waals surface area contributed by atoms with Crippen LogP contribution in [0.1, 0.15) is 32.8 Å². The SMILES string of the molecule is C[C@H](O)COc1ccc(CCC(=O)OC[C@@H]2COC(C)(C)O2)cc1. The van der Waals surface area contributed by atoms with Gasteiger partial charge in [0.15, 0.2) is 5.79 Å². The van der Waals surface area contributed by atoms with Crippen LogP contribution in [0.3, 0.4) is 0 Å². The Morgan fingerprint density at radius 1 is 1.38 bits per heavy atom. The summed E-state index contributed by atoms with van der Waals surface area (Å²) in [6.07, 6.45) is 0.210. The summed E-state index contributed by atoms with van der Waals surface area (Å²) >= 11 is 0. The van der Waals surface area contributed by atoms with Gasteiger partial charge in [-0.05, 0) is 44.9 Å². The Labute approximate surface area is 142 Å². The maximum atomic E-state index is 11.8. The Hall–Kier alpha value is -1.63. The van der Waals surface area contributed by atoms with Crippen molar-refractivity contribution in [2.75, 3.05) is 19.8 Å². The van der Waals surface area contributed by atoms with Crippen LogP contribution in [0.15, 0.2) is 24.3 Å². The lowest BCUT2D eigenvalue weighted by Gasteiger charge is -2.17. The van der Waals surface area contributed by atoms with Crippen molar-refractivity contribution in [2.45, 2.75) is 51.6 Å². The fourth-order valence-corrected chi connectivity index (χ4v) is 2.32. The van der Waals surface area contributed by atoms with Gasteiger partial charge in [0.1, 0.15) is 25.1 Å². The molecule has 2 atom stereocenters. The summed E-state index contributed by atoms with van der Waals surface area (Å²) in [4.78, 5) is 11.8. The van der Waals surface area contributed by atoms with Crippen molar-refractivity contribution in [2.24, 2.45) is 0 Å². The highest BCUT2D eigenvalue weighted by atomic mass is 16.7. The van der Waals surface area contributed by atoms with Gasteiger partial charge in [-0.15, -0.1) is 0 Å². The number of esters is 1. The van der Waals surface area contributed by atoms with Gasteiger partial charge >= 0.3 is 5.97 Å². The zero-order chi connectivity index (χ0) is 17.6. The van der Waals surface area contributed by atoms with Gasteiger partial charge in [-0.2, -0.15) is 0 Å². The molecule has 6 nitrogen and oxygen atoms in total. The van der Waals surface area contributed by atoms with Gasteiger partial charge in [0.25, 0.3) is 0 Å². The van der Waals surface area contributed by atoms with E-state index in [1.807, 2.05) is 38.1 Å². The first-order chi connectivity index (χ1) is 11.3. The van der Waals surface area contributed by atoms with Crippen LogP contribution in [-0.2, 0) is 25.4 Å². The first-order valence-corrected chi connectivity index (χ1v) is 8.21. The highest BCUT2D eigenvalue weighted by molar-refractivity contribution is 5.69. The normalized spacial score (nSPS) is 20.6. The monoisotopic (exact) mass is 338 g/mol. The number of carbonyl (C=O) groups excluding carboxylic acids is 1. The highest BCUT2D eigenvalue weighted by Crippen LogP contribution is 2.22. The first kappa shape index (κ1) is 18.7. The predicted octanol–water partition coefficient (Wildman–Crippen LogP) is 2.07. The Kier molecular flexibility index (Phi) is 6.60. The topological polar surface area (TPSA) is 74.2 Å². The minimum absolute atomic E-state index is 0.200. The molecule has 1 saturated heterocycles. The van der Waals surface area contributed by atoms with Gasteiger partial charge in [-0.1, -0.05) is 12.1 Å². The molecule has 1 aromatic rings. The Morgan fingerprint density at radius 3 is 2.67 bits per heavy atom. The van der Waals surface area contributed by atoms with Crippen molar-refractivity contribution < 1.29 is 28.8 Å². The van der Waals surface area contributed by atoms with Crippen molar-refractivity contribution in [3.63, 3.8) is 0 Å². The fraction of sp³-hybridized carbons (Fsp3) is 0.611. The number of ether oxygens (including phenoxy) is 4. The van der Waals surface area contributed by atoms with Gasteiger partial charge in [0, 0.05) is 6.42 Å². The van der Waals surface area contributed by atoms with Gasteiger partial charge < -0.3 is 24.1 Å². The van der Waals surface area contributed by atoms with Crippen LogP contribution in [0.5, 0.6) is 5.75 Å². The quantitative estimate of drug-likeness (QED) is 0.732. The first-order valence-electron chi connectivity index (χ1n) is 8.21. The molecule has 0 amide bonds. The minimum atomic E-state index is -0.602. The van der Waals surface area contributed by atoms with E-state index in [4.69, 9.17) is 18.9 Å². The van der Waals surface area contributed by atoms with E-state index in [1.165, 1.54) is 0 Å². The van der Waals surface area contributed by atoms with Crippen LogP contribution in [0.4, 0.5) is 0 Å². The van der Waals surface area contributed by atoms with Gasteiger partial charge in [-0.3, -0.25) is 4.79 Å². The average Bonchev–Trinajstić information content (AvgIpc) is 2.89. The maximum absolute atomic E-state index is 11.8.